The topological polar surface area (TPSA) is 110 Å². The maximum atomic E-state index is 12.9. The van der Waals surface area contributed by atoms with Crippen molar-refractivity contribution in [2.24, 2.45) is 0 Å². The third-order valence-electron chi connectivity index (χ3n) is 5.96. The Morgan fingerprint density at radius 2 is 1.66 bits per heavy atom. The zero-order valence-corrected chi connectivity index (χ0v) is 19.8. The van der Waals surface area contributed by atoms with Gasteiger partial charge < -0.3 is 19.3 Å². The molecule has 1 saturated heterocycles. The number of hydrogen-bond donors (Lipinski definition) is 1. The standard InChI is InChI=1S/C24H25N5O5S/c30-21(16-35-24-26-25-23(32)29(24)14-17-6-2-1-3-7-17)27-10-12-28(13-11-27)22(31)20-15-33-18-8-4-5-9-19(18)34-20/h1-9,20H,10-16H2,(H,25,32). The summed E-state index contributed by atoms with van der Waals surface area (Å²) in [4.78, 5) is 41.3. The monoisotopic (exact) mass is 495 g/mol. The van der Waals surface area contributed by atoms with Crippen LogP contribution in [0.15, 0.2) is 64.5 Å². The van der Waals surface area contributed by atoms with Crippen molar-refractivity contribution in [1.29, 1.82) is 0 Å². The number of rotatable bonds is 6. The summed E-state index contributed by atoms with van der Waals surface area (Å²) < 4.78 is 13.0. The first-order valence-electron chi connectivity index (χ1n) is 11.4. The number of hydrogen-bond acceptors (Lipinski definition) is 7. The number of H-pyrrole nitrogens is 1. The third-order valence-corrected chi connectivity index (χ3v) is 6.92. The van der Waals surface area contributed by atoms with Gasteiger partial charge >= 0.3 is 5.69 Å². The molecular formula is C24H25N5O5S. The van der Waals surface area contributed by atoms with Crippen LogP contribution in [0.2, 0.25) is 0 Å². The fourth-order valence-electron chi connectivity index (χ4n) is 4.06. The smallest absolute Gasteiger partial charge is 0.344 e. The van der Waals surface area contributed by atoms with Crippen LogP contribution in [0.5, 0.6) is 11.5 Å². The lowest BCUT2D eigenvalue weighted by Crippen LogP contribution is -2.55. The molecule has 0 aliphatic carbocycles. The summed E-state index contributed by atoms with van der Waals surface area (Å²) in [6.45, 7) is 2.28. The Hall–Kier alpha value is -3.73. The molecule has 0 saturated carbocycles. The van der Waals surface area contributed by atoms with Crippen LogP contribution in [0.4, 0.5) is 0 Å². The quantitative estimate of drug-likeness (QED) is 0.512. The zero-order chi connectivity index (χ0) is 24.2. The summed E-state index contributed by atoms with van der Waals surface area (Å²) in [7, 11) is 0. The fourth-order valence-corrected chi connectivity index (χ4v) is 4.91. The lowest BCUT2D eigenvalue weighted by molar-refractivity contribution is -0.145. The average molecular weight is 496 g/mol. The highest BCUT2D eigenvalue weighted by atomic mass is 32.2. The number of para-hydroxylation sites is 2. The number of nitrogens with zero attached hydrogens (tertiary/aromatic N) is 4. The van der Waals surface area contributed by atoms with Crippen LogP contribution in [0.25, 0.3) is 0 Å². The molecule has 1 aromatic heterocycles. The Labute approximate surface area is 205 Å². The Balaban J connectivity index is 1.12. The molecule has 35 heavy (non-hydrogen) atoms. The van der Waals surface area contributed by atoms with Crippen LogP contribution in [0.3, 0.4) is 0 Å². The molecule has 0 spiro atoms. The lowest BCUT2D eigenvalue weighted by atomic mass is 10.2. The molecule has 2 aromatic carbocycles. The predicted molar refractivity (Wildman–Crippen MR) is 129 cm³/mol. The number of nitrogens with one attached hydrogen (secondary N) is 1. The molecule has 182 valence electrons. The summed E-state index contributed by atoms with van der Waals surface area (Å²) >= 11 is 1.22. The van der Waals surface area contributed by atoms with E-state index in [4.69, 9.17) is 9.47 Å². The molecule has 1 atom stereocenters. The van der Waals surface area contributed by atoms with E-state index in [-0.39, 0.29) is 29.9 Å². The van der Waals surface area contributed by atoms with Gasteiger partial charge in [-0.2, -0.15) is 0 Å². The SMILES string of the molecule is O=C(CSc1n[nH]c(=O)n1Cc1ccccc1)N1CCN(C(=O)C2COc3ccccc3O2)CC1. The van der Waals surface area contributed by atoms with Gasteiger partial charge in [-0.05, 0) is 17.7 Å². The van der Waals surface area contributed by atoms with Crippen molar-refractivity contribution in [3.05, 3.63) is 70.6 Å². The molecule has 1 unspecified atom stereocenters. The first-order chi connectivity index (χ1) is 17.1. The minimum atomic E-state index is -0.691. The number of benzene rings is 2. The molecule has 3 heterocycles. The van der Waals surface area contributed by atoms with Gasteiger partial charge in [0.2, 0.25) is 12.0 Å². The highest BCUT2D eigenvalue weighted by Crippen LogP contribution is 2.31. The Bertz CT molecular complexity index is 1250. The Kier molecular flexibility index (Phi) is 6.75. The molecule has 5 rings (SSSR count). The van der Waals surface area contributed by atoms with Crippen molar-refractivity contribution < 1.29 is 19.1 Å². The molecule has 2 aliphatic heterocycles. The van der Waals surface area contributed by atoms with E-state index in [9.17, 15) is 14.4 Å². The number of ether oxygens (including phenoxy) is 2. The summed E-state index contributed by atoms with van der Waals surface area (Å²) in [6, 6.07) is 16.9. The predicted octanol–water partition coefficient (Wildman–Crippen LogP) is 1.22. The number of aromatic nitrogens is 3. The number of thioether (sulfide) groups is 1. The number of fused-ring (bicyclic) bond motifs is 1. The van der Waals surface area contributed by atoms with Gasteiger partial charge in [0, 0.05) is 26.2 Å². The van der Waals surface area contributed by atoms with Gasteiger partial charge in [0.05, 0.1) is 12.3 Å². The van der Waals surface area contributed by atoms with E-state index in [2.05, 4.69) is 10.2 Å². The number of carbonyl (C=O) groups excluding carboxylic acids is 2. The second kappa shape index (κ2) is 10.3. The van der Waals surface area contributed by atoms with E-state index in [1.807, 2.05) is 48.5 Å². The largest absolute Gasteiger partial charge is 0.485 e. The van der Waals surface area contributed by atoms with Gasteiger partial charge in [0.1, 0.15) is 6.61 Å². The molecule has 0 radical (unpaired) electrons. The maximum Gasteiger partial charge on any atom is 0.344 e. The van der Waals surface area contributed by atoms with Crippen LogP contribution in [-0.4, -0.2) is 81.0 Å². The second-order valence-corrected chi connectivity index (χ2v) is 9.18. The molecule has 2 aliphatic rings. The van der Waals surface area contributed by atoms with Crippen LogP contribution >= 0.6 is 11.8 Å². The van der Waals surface area contributed by atoms with Crippen molar-refractivity contribution in [3.8, 4) is 11.5 Å². The highest BCUT2D eigenvalue weighted by Gasteiger charge is 2.33. The second-order valence-electron chi connectivity index (χ2n) is 8.24. The van der Waals surface area contributed by atoms with E-state index < -0.39 is 6.10 Å². The van der Waals surface area contributed by atoms with Gasteiger partial charge in [0.15, 0.2) is 16.7 Å². The van der Waals surface area contributed by atoms with Gasteiger partial charge in [-0.1, -0.05) is 54.2 Å². The zero-order valence-electron chi connectivity index (χ0n) is 19.0. The average Bonchev–Trinajstić information content (AvgIpc) is 3.26. The van der Waals surface area contributed by atoms with Gasteiger partial charge in [-0.25, -0.2) is 9.89 Å². The summed E-state index contributed by atoms with van der Waals surface area (Å²) in [6.07, 6.45) is -0.691. The minimum absolute atomic E-state index is 0.0602. The minimum Gasteiger partial charge on any atom is -0.485 e. The van der Waals surface area contributed by atoms with Crippen LogP contribution in [0, 0.1) is 0 Å². The van der Waals surface area contributed by atoms with Crippen molar-refractivity contribution in [2.45, 2.75) is 17.8 Å². The Morgan fingerprint density at radius 1 is 0.971 bits per heavy atom. The third kappa shape index (κ3) is 5.19. The van der Waals surface area contributed by atoms with Crippen LogP contribution in [0.1, 0.15) is 5.56 Å². The summed E-state index contributed by atoms with van der Waals surface area (Å²) in [5, 5.41) is 7.00. The number of piperazine rings is 1. The fraction of sp³-hybridized carbons (Fsp3) is 0.333. The number of amides is 2. The van der Waals surface area contributed by atoms with Gasteiger partial charge in [0.25, 0.3) is 5.91 Å². The normalized spacial score (nSPS) is 17.3. The first kappa shape index (κ1) is 23.0. The Morgan fingerprint density at radius 3 is 2.43 bits per heavy atom. The maximum absolute atomic E-state index is 12.9. The molecule has 3 aromatic rings. The molecule has 0 bridgehead atoms. The van der Waals surface area contributed by atoms with E-state index in [1.165, 1.54) is 16.3 Å². The molecule has 1 fully saturated rings. The first-order valence-corrected chi connectivity index (χ1v) is 12.3. The van der Waals surface area contributed by atoms with Crippen molar-refractivity contribution >= 4 is 23.6 Å². The van der Waals surface area contributed by atoms with Gasteiger partial charge in [-0.3, -0.25) is 14.2 Å². The van der Waals surface area contributed by atoms with Crippen molar-refractivity contribution in [2.75, 3.05) is 38.5 Å². The molecule has 1 N–H and O–H groups in total. The van der Waals surface area contributed by atoms with E-state index in [1.54, 1.807) is 15.9 Å². The molecule has 2 amide bonds. The van der Waals surface area contributed by atoms with Crippen molar-refractivity contribution in [3.63, 3.8) is 0 Å². The molecule has 11 heteroatoms. The number of carbonyl (C=O) groups is 2. The van der Waals surface area contributed by atoms with Gasteiger partial charge in [-0.15, -0.1) is 5.10 Å². The summed E-state index contributed by atoms with van der Waals surface area (Å²) in [5.74, 6) is 1.16. The lowest BCUT2D eigenvalue weighted by Gasteiger charge is -2.37. The van der Waals surface area contributed by atoms with Crippen LogP contribution in [-0.2, 0) is 16.1 Å². The molecule has 10 nitrogen and oxygen atoms in total. The molecular weight excluding hydrogens is 470 g/mol. The van der Waals surface area contributed by atoms with E-state index in [0.717, 1.165) is 5.56 Å². The van der Waals surface area contributed by atoms with E-state index >= 15 is 0 Å². The van der Waals surface area contributed by atoms with Crippen LogP contribution < -0.4 is 15.2 Å². The summed E-state index contributed by atoms with van der Waals surface area (Å²) in [5.41, 5.74) is 0.660. The van der Waals surface area contributed by atoms with E-state index in [0.29, 0.717) is 49.4 Å². The number of aromatic amines is 1. The van der Waals surface area contributed by atoms with Crippen molar-refractivity contribution in [1.82, 2.24) is 24.6 Å². The highest BCUT2D eigenvalue weighted by molar-refractivity contribution is 7.99.